The van der Waals surface area contributed by atoms with Gasteiger partial charge in [0.2, 0.25) is 0 Å². The Labute approximate surface area is 203 Å². The number of fused-ring (bicyclic) bond motifs is 1. The number of nitrogens with one attached hydrogen (secondary N) is 1. The Morgan fingerprint density at radius 3 is 2.59 bits per heavy atom. The lowest BCUT2D eigenvalue weighted by molar-refractivity contribution is 0.0745. The molecule has 0 radical (unpaired) electrons. The number of ether oxygens (including phenoxy) is 2. The third kappa shape index (κ3) is 5.34. The highest BCUT2D eigenvalue weighted by Crippen LogP contribution is 2.28. The van der Waals surface area contributed by atoms with E-state index >= 15 is 0 Å². The van der Waals surface area contributed by atoms with Crippen LogP contribution in [-0.4, -0.2) is 46.8 Å². The zero-order valence-electron chi connectivity index (χ0n) is 19.2. The minimum absolute atomic E-state index is 0.143. The van der Waals surface area contributed by atoms with Crippen molar-refractivity contribution in [2.75, 3.05) is 20.3 Å². The zero-order valence-corrected chi connectivity index (χ0v) is 20.0. The fourth-order valence-corrected chi connectivity index (χ4v) is 4.00. The van der Waals surface area contributed by atoms with E-state index < -0.39 is 0 Å². The van der Waals surface area contributed by atoms with Crippen molar-refractivity contribution in [3.8, 4) is 11.5 Å². The molecule has 0 saturated carbocycles. The van der Waals surface area contributed by atoms with E-state index in [1.807, 2.05) is 49.4 Å². The number of rotatable bonds is 8. The molecule has 1 N–H and O–H groups in total. The molecule has 1 aromatic heterocycles. The van der Waals surface area contributed by atoms with Gasteiger partial charge >= 0.3 is 0 Å². The number of hydrogen-bond donors (Lipinski definition) is 1. The van der Waals surface area contributed by atoms with E-state index in [9.17, 15) is 9.59 Å². The highest BCUT2D eigenvalue weighted by molar-refractivity contribution is 6.30. The summed E-state index contributed by atoms with van der Waals surface area (Å²) < 4.78 is 12.5. The van der Waals surface area contributed by atoms with Crippen molar-refractivity contribution in [3.05, 3.63) is 76.1 Å². The van der Waals surface area contributed by atoms with Gasteiger partial charge in [-0.25, -0.2) is 0 Å². The average molecular weight is 483 g/mol. The predicted octanol–water partition coefficient (Wildman–Crippen LogP) is 3.92. The third-order valence-corrected chi connectivity index (χ3v) is 5.84. The van der Waals surface area contributed by atoms with Gasteiger partial charge in [-0.15, -0.1) is 0 Å². The van der Waals surface area contributed by atoms with Crippen LogP contribution in [0.1, 0.15) is 45.4 Å². The molecule has 0 saturated heterocycles. The Bertz CT molecular complexity index is 1180. The number of methoxy groups -OCH3 is 1. The lowest BCUT2D eigenvalue weighted by Gasteiger charge is -2.20. The van der Waals surface area contributed by atoms with E-state index in [0.29, 0.717) is 55.0 Å². The Kier molecular flexibility index (Phi) is 7.37. The molecule has 0 aliphatic carbocycles. The van der Waals surface area contributed by atoms with Gasteiger partial charge in [-0.1, -0.05) is 29.8 Å². The van der Waals surface area contributed by atoms with Crippen LogP contribution in [-0.2, 0) is 19.6 Å². The fourth-order valence-electron chi connectivity index (χ4n) is 3.88. The minimum atomic E-state index is -0.342. The van der Waals surface area contributed by atoms with Crippen LogP contribution in [0.25, 0.3) is 0 Å². The summed E-state index contributed by atoms with van der Waals surface area (Å²) in [4.78, 5) is 27.7. The van der Waals surface area contributed by atoms with Crippen LogP contribution < -0.4 is 14.8 Å². The minimum Gasteiger partial charge on any atom is -0.493 e. The molecule has 0 atom stereocenters. The van der Waals surface area contributed by atoms with Crippen molar-refractivity contribution in [1.82, 2.24) is 20.0 Å². The predicted molar refractivity (Wildman–Crippen MR) is 128 cm³/mol. The molecule has 34 heavy (non-hydrogen) atoms. The molecule has 3 aromatic rings. The molecule has 1 aliphatic heterocycles. The van der Waals surface area contributed by atoms with Crippen molar-refractivity contribution >= 4 is 23.4 Å². The van der Waals surface area contributed by atoms with Crippen LogP contribution in [0.5, 0.6) is 11.5 Å². The van der Waals surface area contributed by atoms with Crippen LogP contribution in [0.15, 0.2) is 48.5 Å². The van der Waals surface area contributed by atoms with Crippen molar-refractivity contribution < 1.29 is 19.1 Å². The molecular formula is C25H27ClN4O4. The first-order valence-corrected chi connectivity index (χ1v) is 11.6. The number of amides is 2. The number of carbonyl (C=O) groups excluding carboxylic acids is 2. The third-order valence-electron chi connectivity index (χ3n) is 5.58. The molecule has 0 fully saturated rings. The number of nitrogens with zero attached hydrogens (tertiary/aromatic N) is 3. The number of halogens is 1. The van der Waals surface area contributed by atoms with Gasteiger partial charge < -0.3 is 19.7 Å². The van der Waals surface area contributed by atoms with E-state index in [0.717, 1.165) is 17.5 Å². The van der Waals surface area contributed by atoms with E-state index in [2.05, 4.69) is 10.4 Å². The number of benzene rings is 2. The van der Waals surface area contributed by atoms with E-state index in [1.54, 1.807) is 22.8 Å². The molecule has 2 heterocycles. The molecule has 2 amide bonds. The molecule has 2 aromatic carbocycles. The maximum Gasteiger partial charge on any atom is 0.272 e. The van der Waals surface area contributed by atoms with E-state index in [1.165, 1.54) is 0 Å². The number of aryl methyl sites for hydroxylation is 1. The molecule has 0 unspecified atom stereocenters. The van der Waals surface area contributed by atoms with E-state index in [-0.39, 0.29) is 17.5 Å². The number of aromatic nitrogens is 2. The van der Waals surface area contributed by atoms with Gasteiger partial charge in [-0.3, -0.25) is 14.3 Å². The molecule has 8 nitrogen and oxygen atoms in total. The van der Waals surface area contributed by atoms with E-state index in [4.69, 9.17) is 21.1 Å². The van der Waals surface area contributed by atoms with Gasteiger partial charge in [0.25, 0.3) is 11.8 Å². The fraction of sp³-hybridized carbons (Fsp3) is 0.320. The summed E-state index contributed by atoms with van der Waals surface area (Å²) in [6, 6.07) is 14.5. The van der Waals surface area contributed by atoms with Gasteiger partial charge in [0.15, 0.2) is 17.2 Å². The average Bonchev–Trinajstić information content (AvgIpc) is 3.22. The SMILES string of the molecule is CCOc1ccc(CNC(=O)c2cc3n(n2)CCCN(Cc2ccc(Cl)cc2)C3=O)cc1OC. The normalized spacial score (nSPS) is 13.3. The summed E-state index contributed by atoms with van der Waals surface area (Å²) in [7, 11) is 1.58. The Balaban J connectivity index is 1.43. The highest BCUT2D eigenvalue weighted by atomic mass is 35.5. The van der Waals surface area contributed by atoms with Gasteiger partial charge in [0.1, 0.15) is 5.69 Å². The lowest BCUT2D eigenvalue weighted by atomic mass is 10.2. The lowest BCUT2D eigenvalue weighted by Crippen LogP contribution is -2.30. The summed E-state index contributed by atoms with van der Waals surface area (Å²) in [5.74, 6) is 0.772. The van der Waals surface area contributed by atoms with Crippen LogP contribution >= 0.6 is 11.6 Å². The van der Waals surface area contributed by atoms with Gasteiger partial charge in [-0.2, -0.15) is 5.10 Å². The topological polar surface area (TPSA) is 85.7 Å². The molecule has 0 spiro atoms. The maximum atomic E-state index is 13.2. The first-order valence-electron chi connectivity index (χ1n) is 11.2. The van der Waals surface area contributed by atoms with Crippen LogP contribution in [0, 0.1) is 0 Å². The Morgan fingerprint density at radius 2 is 1.85 bits per heavy atom. The summed E-state index contributed by atoms with van der Waals surface area (Å²) in [6.07, 6.45) is 0.751. The first-order chi connectivity index (χ1) is 16.5. The highest BCUT2D eigenvalue weighted by Gasteiger charge is 2.26. The van der Waals surface area contributed by atoms with Gasteiger partial charge in [-0.05, 0) is 48.7 Å². The molecule has 0 bridgehead atoms. The number of carbonyl (C=O) groups is 2. The monoisotopic (exact) mass is 482 g/mol. The van der Waals surface area contributed by atoms with Crippen molar-refractivity contribution in [2.45, 2.75) is 33.0 Å². The summed E-state index contributed by atoms with van der Waals surface area (Å²) >= 11 is 5.97. The second kappa shape index (κ2) is 10.6. The largest absolute Gasteiger partial charge is 0.493 e. The molecular weight excluding hydrogens is 456 g/mol. The summed E-state index contributed by atoms with van der Waals surface area (Å²) in [6.45, 7) is 4.39. The van der Waals surface area contributed by atoms with Crippen LogP contribution in [0.4, 0.5) is 0 Å². The second-order valence-corrected chi connectivity index (χ2v) is 8.38. The standard InChI is InChI=1S/C25H27ClN4O4/c1-3-34-22-10-7-18(13-23(22)33-2)15-27-24(31)20-14-21-25(32)29(11-4-12-30(21)28-20)16-17-5-8-19(26)9-6-17/h5-10,13-14H,3-4,11-12,15-16H2,1-2H3,(H,27,31). The molecule has 1 aliphatic rings. The first kappa shape index (κ1) is 23.6. The van der Waals surface area contributed by atoms with Crippen molar-refractivity contribution in [3.63, 3.8) is 0 Å². The quantitative estimate of drug-likeness (QED) is 0.526. The maximum absolute atomic E-state index is 13.2. The van der Waals surface area contributed by atoms with Crippen LogP contribution in [0.3, 0.4) is 0 Å². The molecule has 178 valence electrons. The number of hydrogen-bond acceptors (Lipinski definition) is 5. The zero-order chi connectivity index (χ0) is 24.1. The second-order valence-electron chi connectivity index (χ2n) is 7.95. The summed E-state index contributed by atoms with van der Waals surface area (Å²) in [5, 5.41) is 7.91. The van der Waals surface area contributed by atoms with Gasteiger partial charge in [0.05, 0.1) is 13.7 Å². The Morgan fingerprint density at radius 1 is 1.09 bits per heavy atom. The smallest absolute Gasteiger partial charge is 0.272 e. The van der Waals surface area contributed by atoms with Crippen molar-refractivity contribution in [2.24, 2.45) is 0 Å². The van der Waals surface area contributed by atoms with Gasteiger partial charge in [0, 0.05) is 37.3 Å². The van der Waals surface area contributed by atoms with Crippen LogP contribution in [0.2, 0.25) is 5.02 Å². The van der Waals surface area contributed by atoms with Crippen molar-refractivity contribution in [1.29, 1.82) is 0 Å². The molecule has 4 rings (SSSR count). The summed E-state index contributed by atoms with van der Waals surface area (Å²) in [5.41, 5.74) is 2.49. The molecule has 9 heteroatoms. The Hall–Kier alpha value is -3.52.